The lowest BCUT2D eigenvalue weighted by Crippen LogP contribution is -2.16. The predicted molar refractivity (Wildman–Crippen MR) is 107 cm³/mol. The van der Waals surface area contributed by atoms with Crippen LogP contribution in [0.4, 0.5) is 0 Å². The molecule has 0 amide bonds. The summed E-state index contributed by atoms with van der Waals surface area (Å²) in [5.41, 5.74) is 0. The molecule has 0 heterocycles. The fraction of sp³-hybridized carbons (Fsp3) is 1.00. The standard InChI is InChI=1S/C22H47N/c1-5-16-22(4)18-13-9-7-11-15-20-23-19-14-10-6-8-12-17-21(2)3/h21-23H,5-20H2,1-4H3. The summed E-state index contributed by atoms with van der Waals surface area (Å²) in [6.45, 7) is 11.8. The zero-order valence-electron chi connectivity index (χ0n) is 17.0. The summed E-state index contributed by atoms with van der Waals surface area (Å²) in [7, 11) is 0. The van der Waals surface area contributed by atoms with Crippen molar-refractivity contribution in [3.8, 4) is 0 Å². The minimum Gasteiger partial charge on any atom is -0.317 e. The molecule has 0 aromatic rings. The lowest BCUT2D eigenvalue weighted by molar-refractivity contribution is 0.450. The number of hydrogen-bond donors (Lipinski definition) is 1. The van der Waals surface area contributed by atoms with E-state index in [2.05, 4.69) is 33.0 Å². The molecule has 23 heavy (non-hydrogen) atoms. The third kappa shape index (κ3) is 19.9. The van der Waals surface area contributed by atoms with E-state index in [4.69, 9.17) is 0 Å². The van der Waals surface area contributed by atoms with Crippen LogP contribution in [0.25, 0.3) is 0 Å². The van der Waals surface area contributed by atoms with Crippen LogP contribution in [0.2, 0.25) is 0 Å². The zero-order valence-corrected chi connectivity index (χ0v) is 17.0. The monoisotopic (exact) mass is 325 g/mol. The highest BCUT2D eigenvalue weighted by Crippen LogP contribution is 2.15. The summed E-state index contributed by atoms with van der Waals surface area (Å²) in [5, 5.41) is 3.62. The first-order chi connectivity index (χ1) is 11.2. The highest BCUT2D eigenvalue weighted by molar-refractivity contribution is 4.55. The van der Waals surface area contributed by atoms with Crippen LogP contribution in [-0.4, -0.2) is 13.1 Å². The smallest absolute Gasteiger partial charge is 0.00489 e. The first kappa shape index (κ1) is 23.0. The molecule has 0 bridgehead atoms. The van der Waals surface area contributed by atoms with Crippen molar-refractivity contribution in [2.24, 2.45) is 11.8 Å². The Morgan fingerprint density at radius 2 is 1.04 bits per heavy atom. The van der Waals surface area contributed by atoms with Crippen molar-refractivity contribution >= 4 is 0 Å². The SMILES string of the molecule is CCCC(C)CCCCCCCNCCCCCCCC(C)C. The van der Waals surface area contributed by atoms with E-state index in [0.29, 0.717) is 0 Å². The van der Waals surface area contributed by atoms with E-state index in [1.165, 1.54) is 103 Å². The Labute approximate surface area is 148 Å². The average molecular weight is 326 g/mol. The molecule has 140 valence electrons. The Bertz CT molecular complexity index is 212. The van der Waals surface area contributed by atoms with Gasteiger partial charge in [-0.2, -0.15) is 0 Å². The maximum Gasteiger partial charge on any atom is -0.00489 e. The summed E-state index contributed by atoms with van der Waals surface area (Å²) in [6.07, 6.45) is 19.9. The van der Waals surface area contributed by atoms with Crippen molar-refractivity contribution in [1.29, 1.82) is 0 Å². The lowest BCUT2D eigenvalue weighted by atomic mass is 9.98. The third-order valence-corrected chi connectivity index (χ3v) is 4.97. The van der Waals surface area contributed by atoms with E-state index in [1.54, 1.807) is 0 Å². The minimum absolute atomic E-state index is 0.886. The van der Waals surface area contributed by atoms with Crippen molar-refractivity contribution in [2.45, 2.75) is 118 Å². The Balaban J connectivity index is 3.03. The second-order valence-corrected chi connectivity index (χ2v) is 8.15. The molecule has 0 aliphatic heterocycles. The van der Waals surface area contributed by atoms with Crippen LogP contribution in [0, 0.1) is 11.8 Å². The molecule has 0 fully saturated rings. The van der Waals surface area contributed by atoms with Gasteiger partial charge in [-0.15, -0.1) is 0 Å². The second kappa shape index (κ2) is 18.3. The number of rotatable bonds is 18. The summed E-state index contributed by atoms with van der Waals surface area (Å²) in [5.74, 6) is 1.84. The van der Waals surface area contributed by atoms with Gasteiger partial charge in [0, 0.05) is 0 Å². The summed E-state index contributed by atoms with van der Waals surface area (Å²) < 4.78 is 0. The van der Waals surface area contributed by atoms with E-state index in [1.807, 2.05) is 0 Å². The van der Waals surface area contributed by atoms with Crippen molar-refractivity contribution in [3.05, 3.63) is 0 Å². The molecule has 1 unspecified atom stereocenters. The first-order valence-corrected chi connectivity index (χ1v) is 10.9. The van der Waals surface area contributed by atoms with Crippen LogP contribution >= 0.6 is 0 Å². The van der Waals surface area contributed by atoms with Crippen molar-refractivity contribution in [2.75, 3.05) is 13.1 Å². The number of unbranched alkanes of at least 4 members (excludes halogenated alkanes) is 8. The van der Waals surface area contributed by atoms with E-state index in [0.717, 1.165) is 11.8 Å². The highest BCUT2D eigenvalue weighted by atomic mass is 14.8. The van der Waals surface area contributed by atoms with Gasteiger partial charge in [-0.3, -0.25) is 0 Å². The van der Waals surface area contributed by atoms with E-state index < -0.39 is 0 Å². The van der Waals surface area contributed by atoms with Gasteiger partial charge < -0.3 is 5.32 Å². The Morgan fingerprint density at radius 1 is 0.565 bits per heavy atom. The van der Waals surface area contributed by atoms with Gasteiger partial charge in [-0.1, -0.05) is 105 Å². The zero-order chi connectivity index (χ0) is 17.2. The molecule has 0 radical (unpaired) electrons. The Morgan fingerprint density at radius 3 is 1.57 bits per heavy atom. The molecular formula is C22H47N. The molecular weight excluding hydrogens is 278 g/mol. The Kier molecular flexibility index (Phi) is 18.3. The van der Waals surface area contributed by atoms with E-state index in [-0.39, 0.29) is 0 Å². The summed E-state index contributed by atoms with van der Waals surface area (Å²) in [4.78, 5) is 0. The van der Waals surface area contributed by atoms with Crippen LogP contribution < -0.4 is 5.32 Å². The molecule has 0 saturated carbocycles. The van der Waals surface area contributed by atoms with Crippen LogP contribution in [-0.2, 0) is 0 Å². The van der Waals surface area contributed by atoms with Crippen LogP contribution in [0.5, 0.6) is 0 Å². The maximum absolute atomic E-state index is 3.62. The van der Waals surface area contributed by atoms with Crippen LogP contribution in [0.1, 0.15) is 118 Å². The minimum atomic E-state index is 0.886. The van der Waals surface area contributed by atoms with Gasteiger partial charge in [0.1, 0.15) is 0 Å². The maximum atomic E-state index is 3.62. The molecule has 0 aromatic carbocycles. The third-order valence-electron chi connectivity index (χ3n) is 4.97. The topological polar surface area (TPSA) is 12.0 Å². The van der Waals surface area contributed by atoms with E-state index in [9.17, 15) is 0 Å². The molecule has 0 aliphatic rings. The summed E-state index contributed by atoms with van der Waals surface area (Å²) >= 11 is 0. The largest absolute Gasteiger partial charge is 0.317 e. The Hall–Kier alpha value is -0.0400. The number of hydrogen-bond acceptors (Lipinski definition) is 1. The molecule has 1 N–H and O–H groups in total. The van der Waals surface area contributed by atoms with Crippen molar-refractivity contribution in [3.63, 3.8) is 0 Å². The normalized spacial score (nSPS) is 12.9. The van der Waals surface area contributed by atoms with Gasteiger partial charge in [0.25, 0.3) is 0 Å². The predicted octanol–water partition coefficient (Wildman–Crippen LogP) is 7.35. The van der Waals surface area contributed by atoms with Gasteiger partial charge in [0.05, 0.1) is 0 Å². The molecule has 0 aliphatic carbocycles. The molecule has 1 nitrogen and oxygen atoms in total. The van der Waals surface area contributed by atoms with Gasteiger partial charge >= 0.3 is 0 Å². The van der Waals surface area contributed by atoms with Crippen molar-refractivity contribution in [1.82, 2.24) is 5.32 Å². The molecule has 0 aromatic heterocycles. The lowest BCUT2D eigenvalue weighted by Gasteiger charge is -2.09. The average Bonchev–Trinajstić information content (AvgIpc) is 2.51. The van der Waals surface area contributed by atoms with Gasteiger partial charge in [0.2, 0.25) is 0 Å². The van der Waals surface area contributed by atoms with Crippen LogP contribution in [0.15, 0.2) is 0 Å². The fourth-order valence-corrected chi connectivity index (χ4v) is 3.37. The molecule has 1 heteroatoms. The van der Waals surface area contributed by atoms with Gasteiger partial charge in [-0.25, -0.2) is 0 Å². The quantitative estimate of drug-likeness (QED) is 0.260. The van der Waals surface area contributed by atoms with Gasteiger partial charge in [-0.05, 0) is 37.8 Å². The number of nitrogens with one attached hydrogen (secondary N) is 1. The molecule has 0 spiro atoms. The van der Waals surface area contributed by atoms with E-state index >= 15 is 0 Å². The molecule has 1 atom stereocenters. The molecule has 0 rings (SSSR count). The first-order valence-electron chi connectivity index (χ1n) is 10.9. The van der Waals surface area contributed by atoms with Gasteiger partial charge in [0.15, 0.2) is 0 Å². The van der Waals surface area contributed by atoms with Crippen LogP contribution in [0.3, 0.4) is 0 Å². The summed E-state index contributed by atoms with van der Waals surface area (Å²) in [6, 6.07) is 0. The fourth-order valence-electron chi connectivity index (χ4n) is 3.37. The second-order valence-electron chi connectivity index (χ2n) is 8.15. The van der Waals surface area contributed by atoms with Crippen molar-refractivity contribution < 1.29 is 0 Å². The highest BCUT2D eigenvalue weighted by Gasteiger charge is 2.00. The molecule has 0 saturated heterocycles.